The van der Waals surface area contributed by atoms with Gasteiger partial charge in [-0.1, -0.05) is 0 Å². The summed E-state index contributed by atoms with van der Waals surface area (Å²) in [5.41, 5.74) is 2.64. The van der Waals surface area contributed by atoms with Gasteiger partial charge < -0.3 is 18.9 Å². The van der Waals surface area contributed by atoms with E-state index in [1.807, 2.05) is 46.3 Å². The normalized spacial score (nSPS) is 10.5. The van der Waals surface area contributed by atoms with Crippen LogP contribution in [0.3, 0.4) is 0 Å². The molecule has 1 aromatic heterocycles. The molecule has 0 spiro atoms. The highest BCUT2D eigenvalue weighted by molar-refractivity contribution is 7.07. The monoisotopic (exact) mass is 372 g/mol. The Balaban J connectivity index is 2.18. The van der Waals surface area contributed by atoms with E-state index in [1.54, 1.807) is 28.4 Å². The van der Waals surface area contributed by atoms with Crippen molar-refractivity contribution in [2.45, 2.75) is 0 Å². The van der Waals surface area contributed by atoms with Crippen molar-refractivity contribution in [2.75, 3.05) is 28.4 Å². The molecular formula is C19H20N2O4S. The molecule has 0 amide bonds. The van der Waals surface area contributed by atoms with Crippen molar-refractivity contribution < 1.29 is 18.9 Å². The van der Waals surface area contributed by atoms with E-state index in [2.05, 4.69) is 0 Å². The van der Waals surface area contributed by atoms with Crippen LogP contribution < -0.4 is 23.7 Å². The molecule has 136 valence electrons. The van der Waals surface area contributed by atoms with Gasteiger partial charge in [0.25, 0.3) is 0 Å². The van der Waals surface area contributed by atoms with Gasteiger partial charge in [0.2, 0.25) is 5.75 Å². The van der Waals surface area contributed by atoms with E-state index in [9.17, 15) is 0 Å². The Labute approximate surface area is 155 Å². The summed E-state index contributed by atoms with van der Waals surface area (Å²) in [6, 6.07) is 11.4. The summed E-state index contributed by atoms with van der Waals surface area (Å²) in [5.74, 6) is 2.39. The van der Waals surface area contributed by atoms with Crippen LogP contribution >= 0.6 is 11.3 Å². The third-order valence-electron chi connectivity index (χ3n) is 4.02. The summed E-state index contributed by atoms with van der Waals surface area (Å²) in [6.07, 6.45) is 0. The quantitative estimate of drug-likeness (QED) is 0.716. The minimum atomic E-state index is 0.394. The molecular weight excluding hydrogens is 352 g/mol. The molecule has 0 aliphatic rings. The van der Waals surface area contributed by atoms with Crippen LogP contribution in [0.2, 0.25) is 0 Å². The fraction of sp³-hybridized carbons (Fsp3) is 0.211. The zero-order chi connectivity index (χ0) is 18.7. The van der Waals surface area contributed by atoms with Crippen LogP contribution in [0.4, 0.5) is 0 Å². The molecule has 7 heteroatoms. The van der Waals surface area contributed by atoms with Crippen LogP contribution in [0.5, 0.6) is 23.0 Å². The highest BCUT2D eigenvalue weighted by atomic mass is 32.1. The predicted octanol–water partition coefficient (Wildman–Crippen LogP) is 3.72. The maximum atomic E-state index is 8.35. The Morgan fingerprint density at radius 1 is 0.846 bits per heavy atom. The second-order valence-corrected chi connectivity index (χ2v) is 6.23. The molecule has 0 saturated carbocycles. The minimum Gasteiger partial charge on any atom is -0.497 e. The highest BCUT2D eigenvalue weighted by Crippen LogP contribution is 2.40. The van der Waals surface area contributed by atoms with Crippen LogP contribution in [0.15, 0.2) is 41.8 Å². The van der Waals surface area contributed by atoms with E-state index in [-0.39, 0.29) is 0 Å². The molecule has 26 heavy (non-hydrogen) atoms. The first-order valence-corrected chi connectivity index (χ1v) is 8.70. The molecule has 0 aliphatic heterocycles. The number of hydrogen-bond acceptors (Lipinski definition) is 6. The molecule has 0 fully saturated rings. The van der Waals surface area contributed by atoms with Crippen molar-refractivity contribution >= 4 is 11.3 Å². The third-order valence-corrected chi connectivity index (χ3v) is 4.77. The summed E-state index contributed by atoms with van der Waals surface area (Å²) < 4.78 is 23.3. The lowest BCUT2D eigenvalue weighted by Gasteiger charge is -2.16. The summed E-state index contributed by atoms with van der Waals surface area (Å²) in [6.45, 7) is 0. The number of nitrogens with one attached hydrogen (secondary N) is 1. The molecule has 0 atom stereocenters. The first kappa shape index (κ1) is 17.9. The van der Waals surface area contributed by atoms with Gasteiger partial charge in [-0.2, -0.15) is 0 Å². The Kier molecular flexibility index (Phi) is 5.18. The van der Waals surface area contributed by atoms with E-state index >= 15 is 0 Å². The molecule has 0 unspecified atom stereocenters. The van der Waals surface area contributed by atoms with E-state index in [4.69, 9.17) is 24.4 Å². The van der Waals surface area contributed by atoms with Crippen molar-refractivity contribution in [1.29, 1.82) is 5.41 Å². The second kappa shape index (κ2) is 7.53. The van der Waals surface area contributed by atoms with Gasteiger partial charge in [0.1, 0.15) is 5.75 Å². The number of benzene rings is 2. The topological polar surface area (TPSA) is 65.7 Å². The number of nitrogens with zero attached hydrogens (tertiary/aromatic N) is 1. The van der Waals surface area contributed by atoms with Gasteiger partial charge in [0, 0.05) is 17.5 Å². The summed E-state index contributed by atoms with van der Waals surface area (Å²) in [4.78, 5) is 0.394. The van der Waals surface area contributed by atoms with Crippen LogP contribution in [0.25, 0.3) is 16.9 Å². The first-order chi connectivity index (χ1) is 12.6. The van der Waals surface area contributed by atoms with E-state index in [1.165, 1.54) is 11.3 Å². The maximum absolute atomic E-state index is 8.35. The van der Waals surface area contributed by atoms with Crippen molar-refractivity contribution in [3.63, 3.8) is 0 Å². The summed E-state index contributed by atoms with van der Waals surface area (Å²) >= 11 is 1.35. The molecule has 3 rings (SSSR count). The van der Waals surface area contributed by atoms with E-state index in [0.29, 0.717) is 22.0 Å². The van der Waals surface area contributed by atoms with Gasteiger partial charge >= 0.3 is 0 Å². The van der Waals surface area contributed by atoms with Gasteiger partial charge in [-0.25, -0.2) is 0 Å². The number of aromatic nitrogens is 1. The van der Waals surface area contributed by atoms with Crippen LogP contribution in [-0.4, -0.2) is 33.0 Å². The number of thiazole rings is 1. The number of rotatable bonds is 6. The first-order valence-electron chi connectivity index (χ1n) is 7.82. The van der Waals surface area contributed by atoms with Gasteiger partial charge in [-0.15, -0.1) is 11.3 Å². The van der Waals surface area contributed by atoms with Crippen LogP contribution in [0, 0.1) is 5.41 Å². The number of methoxy groups -OCH3 is 4. The van der Waals surface area contributed by atoms with Crippen molar-refractivity contribution in [3.8, 4) is 39.9 Å². The fourth-order valence-corrected chi connectivity index (χ4v) is 3.51. The average Bonchev–Trinajstić information content (AvgIpc) is 3.08. The summed E-state index contributed by atoms with van der Waals surface area (Å²) in [5, 5.41) is 10.3. The standard InChI is InChI=1S/C19H20N2O4S/c1-22-14-7-5-12(6-8-14)15-11-26-19(20)21(15)13-9-16(23-2)18(25-4)17(10-13)24-3/h5-11,20H,1-4H3. The van der Waals surface area contributed by atoms with E-state index in [0.717, 1.165) is 22.7 Å². The predicted molar refractivity (Wildman–Crippen MR) is 101 cm³/mol. The van der Waals surface area contributed by atoms with Crippen molar-refractivity contribution in [3.05, 3.63) is 46.6 Å². The largest absolute Gasteiger partial charge is 0.497 e. The van der Waals surface area contributed by atoms with Crippen LogP contribution in [0.1, 0.15) is 0 Å². The SMILES string of the molecule is COc1ccc(-c2csc(=N)n2-c2cc(OC)c(OC)c(OC)c2)cc1. The molecule has 1 heterocycles. The average molecular weight is 372 g/mol. The fourth-order valence-electron chi connectivity index (χ4n) is 2.74. The molecule has 0 bridgehead atoms. The third kappa shape index (κ3) is 3.13. The lowest BCUT2D eigenvalue weighted by molar-refractivity contribution is 0.324. The van der Waals surface area contributed by atoms with Gasteiger partial charge in [-0.3, -0.25) is 9.98 Å². The minimum absolute atomic E-state index is 0.394. The smallest absolute Gasteiger partial charge is 0.203 e. The molecule has 1 N–H and O–H groups in total. The second-order valence-electron chi connectivity index (χ2n) is 5.37. The maximum Gasteiger partial charge on any atom is 0.203 e. The number of ether oxygens (including phenoxy) is 4. The zero-order valence-corrected chi connectivity index (χ0v) is 15.8. The molecule has 3 aromatic rings. The summed E-state index contributed by atoms with van der Waals surface area (Å²) in [7, 11) is 6.35. The Hall–Kier alpha value is -2.93. The zero-order valence-electron chi connectivity index (χ0n) is 15.0. The Bertz CT molecular complexity index is 935. The van der Waals surface area contributed by atoms with Gasteiger partial charge in [0.05, 0.1) is 39.8 Å². The van der Waals surface area contributed by atoms with Crippen molar-refractivity contribution in [2.24, 2.45) is 0 Å². The van der Waals surface area contributed by atoms with Crippen LogP contribution in [-0.2, 0) is 0 Å². The number of hydrogen-bond donors (Lipinski definition) is 1. The highest BCUT2D eigenvalue weighted by Gasteiger charge is 2.17. The molecule has 6 nitrogen and oxygen atoms in total. The molecule has 0 radical (unpaired) electrons. The Morgan fingerprint density at radius 3 is 1.96 bits per heavy atom. The Morgan fingerprint density at radius 2 is 1.46 bits per heavy atom. The van der Waals surface area contributed by atoms with Gasteiger partial charge in [0.15, 0.2) is 16.3 Å². The van der Waals surface area contributed by atoms with Gasteiger partial charge in [-0.05, 0) is 29.8 Å². The lowest BCUT2D eigenvalue weighted by Crippen LogP contribution is -2.12. The molecule has 2 aromatic carbocycles. The molecule has 0 aliphatic carbocycles. The molecule has 0 saturated heterocycles. The van der Waals surface area contributed by atoms with E-state index < -0.39 is 0 Å². The van der Waals surface area contributed by atoms with Crippen molar-refractivity contribution in [1.82, 2.24) is 4.57 Å². The lowest BCUT2D eigenvalue weighted by atomic mass is 10.1.